The zero-order chi connectivity index (χ0) is 13.7. The maximum absolute atomic E-state index is 12.1. The van der Waals surface area contributed by atoms with Crippen LogP contribution in [0.5, 0.6) is 5.75 Å². The van der Waals surface area contributed by atoms with Gasteiger partial charge in [-0.1, -0.05) is 0 Å². The van der Waals surface area contributed by atoms with Crippen molar-refractivity contribution in [1.29, 1.82) is 0 Å². The van der Waals surface area contributed by atoms with Crippen LogP contribution in [-0.4, -0.2) is 43.6 Å². The number of likely N-dealkylation sites (tertiary alicyclic amines) is 1. The molecule has 0 atom stereocenters. The van der Waals surface area contributed by atoms with Crippen LogP contribution in [0.25, 0.3) is 0 Å². The zero-order valence-corrected chi connectivity index (χ0v) is 11.7. The third-order valence-electron chi connectivity index (χ3n) is 3.48. The van der Waals surface area contributed by atoms with Gasteiger partial charge in [-0.25, -0.2) is 0 Å². The maximum atomic E-state index is 12.1. The van der Waals surface area contributed by atoms with Gasteiger partial charge >= 0.3 is 0 Å². The molecule has 1 fully saturated rings. The van der Waals surface area contributed by atoms with Gasteiger partial charge in [-0.3, -0.25) is 4.79 Å². The molecule has 1 amide bonds. The van der Waals surface area contributed by atoms with Gasteiger partial charge in [-0.05, 0) is 64.2 Å². The lowest BCUT2D eigenvalue weighted by atomic mass is 10.0. The molecule has 0 aromatic heterocycles. The first kappa shape index (κ1) is 13.9. The highest BCUT2D eigenvalue weighted by Crippen LogP contribution is 2.13. The van der Waals surface area contributed by atoms with Crippen molar-refractivity contribution in [3.8, 4) is 5.75 Å². The maximum Gasteiger partial charge on any atom is 0.251 e. The molecule has 4 heteroatoms. The van der Waals surface area contributed by atoms with E-state index in [-0.39, 0.29) is 5.91 Å². The Morgan fingerprint density at radius 3 is 2.53 bits per heavy atom. The fourth-order valence-corrected chi connectivity index (χ4v) is 2.29. The van der Waals surface area contributed by atoms with Gasteiger partial charge in [0.15, 0.2) is 0 Å². The van der Waals surface area contributed by atoms with E-state index in [1.54, 1.807) is 0 Å². The van der Waals surface area contributed by atoms with Crippen LogP contribution in [0, 0.1) is 0 Å². The smallest absolute Gasteiger partial charge is 0.251 e. The standard InChI is InChI=1S/C15H22N2O2/c1-3-19-14-6-4-12(5-7-14)15(18)16-13-8-10-17(2)11-9-13/h4-7,13H,3,8-11H2,1-2H3,(H,16,18). The first-order chi connectivity index (χ1) is 9.19. The lowest BCUT2D eigenvalue weighted by Gasteiger charge is -2.29. The van der Waals surface area contributed by atoms with Gasteiger partial charge in [0.2, 0.25) is 0 Å². The largest absolute Gasteiger partial charge is 0.494 e. The number of benzene rings is 1. The van der Waals surface area contributed by atoms with Gasteiger partial charge in [0.25, 0.3) is 5.91 Å². The van der Waals surface area contributed by atoms with Crippen LogP contribution in [0.15, 0.2) is 24.3 Å². The molecule has 0 radical (unpaired) electrons. The summed E-state index contributed by atoms with van der Waals surface area (Å²) in [6.45, 7) is 4.68. The molecule has 1 aromatic carbocycles. The second-order valence-electron chi connectivity index (χ2n) is 5.01. The average Bonchev–Trinajstić information content (AvgIpc) is 2.42. The van der Waals surface area contributed by atoms with E-state index in [1.165, 1.54) is 0 Å². The summed E-state index contributed by atoms with van der Waals surface area (Å²) in [7, 11) is 2.12. The average molecular weight is 262 g/mol. The molecule has 0 saturated carbocycles. The van der Waals surface area contributed by atoms with Gasteiger partial charge in [-0.15, -0.1) is 0 Å². The Morgan fingerprint density at radius 2 is 1.95 bits per heavy atom. The first-order valence-electron chi connectivity index (χ1n) is 6.91. The molecular formula is C15H22N2O2. The molecule has 1 aliphatic heterocycles. The number of rotatable bonds is 4. The van der Waals surface area contributed by atoms with Crippen molar-refractivity contribution in [2.45, 2.75) is 25.8 Å². The molecule has 1 aromatic rings. The van der Waals surface area contributed by atoms with Gasteiger partial charge in [0, 0.05) is 11.6 Å². The highest BCUT2D eigenvalue weighted by Gasteiger charge is 2.18. The Kier molecular flexibility index (Phi) is 4.80. The fraction of sp³-hybridized carbons (Fsp3) is 0.533. The number of piperidine rings is 1. The molecule has 2 rings (SSSR count). The highest BCUT2D eigenvalue weighted by molar-refractivity contribution is 5.94. The number of nitrogens with zero attached hydrogens (tertiary/aromatic N) is 1. The molecule has 1 heterocycles. The van der Waals surface area contributed by atoms with Crippen LogP contribution in [0.3, 0.4) is 0 Å². The quantitative estimate of drug-likeness (QED) is 0.901. The van der Waals surface area contributed by atoms with Crippen molar-refractivity contribution in [2.75, 3.05) is 26.7 Å². The minimum absolute atomic E-state index is 0.0117. The predicted octanol–water partition coefficient (Wildman–Crippen LogP) is 1.91. The topological polar surface area (TPSA) is 41.6 Å². The molecule has 19 heavy (non-hydrogen) atoms. The molecule has 1 aliphatic rings. The Morgan fingerprint density at radius 1 is 1.32 bits per heavy atom. The van der Waals surface area contributed by atoms with E-state index >= 15 is 0 Å². The number of nitrogens with one attached hydrogen (secondary N) is 1. The van der Waals surface area contributed by atoms with Crippen molar-refractivity contribution < 1.29 is 9.53 Å². The number of amides is 1. The Balaban J connectivity index is 1.88. The minimum Gasteiger partial charge on any atom is -0.494 e. The summed E-state index contributed by atoms with van der Waals surface area (Å²) in [4.78, 5) is 14.4. The summed E-state index contributed by atoms with van der Waals surface area (Å²) in [5.41, 5.74) is 0.697. The van der Waals surface area contributed by atoms with Crippen molar-refractivity contribution >= 4 is 5.91 Å². The number of hydrogen-bond donors (Lipinski definition) is 1. The van der Waals surface area contributed by atoms with Crippen molar-refractivity contribution in [3.63, 3.8) is 0 Å². The van der Waals surface area contributed by atoms with Gasteiger partial charge < -0.3 is 15.0 Å². The molecule has 104 valence electrons. The Labute approximate surface area is 114 Å². The lowest BCUT2D eigenvalue weighted by molar-refractivity contribution is 0.0917. The van der Waals surface area contributed by atoms with E-state index in [4.69, 9.17) is 4.74 Å². The van der Waals surface area contributed by atoms with Crippen LogP contribution in [-0.2, 0) is 0 Å². The number of carbonyl (C=O) groups is 1. The fourth-order valence-electron chi connectivity index (χ4n) is 2.29. The second-order valence-corrected chi connectivity index (χ2v) is 5.01. The Bertz CT molecular complexity index is 409. The van der Waals surface area contributed by atoms with Crippen LogP contribution in [0.4, 0.5) is 0 Å². The van der Waals surface area contributed by atoms with Crippen molar-refractivity contribution in [3.05, 3.63) is 29.8 Å². The molecule has 0 aliphatic carbocycles. The molecule has 0 bridgehead atoms. The molecule has 0 spiro atoms. The van der Waals surface area contributed by atoms with Gasteiger partial charge in [0.05, 0.1) is 6.61 Å². The van der Waals surface area contributed by atoms with Crippen LogP contribution < -0.4 is 10.1 Å². The normalized spacial score (nSPS) is 17.2. The van der Waals surface area contributed by atoms with E-state index in [2.05, 4.69) is 17.3 Å². The SMILES string of the molecule is CCOc1ccc(C(=O)NC2CCN(C)CC2)cc1. The first-order valence-corrected chi connectivity index (χ1v) is 6.91. The number of ether oxygens (including phenoxy) is 1. The summed E-state index contributed by atoms with van der Waals surface area (Å²) in [6.07, 6.45) is 2.05. The van der Waals surface area contributed by atoms with Crippen molar-refractivity contribution in [1.82, 2.24) is 10.2 Å². The summed E-state index contributed by atoms with van der Waals surface area (Å²) >= 11 is 0. The van der Waals surface area contributed by atoms with Gasteiger partial charge in [0.1, 0.15) is 5.75 Å². The number of hydrogen-bond acceptors (Lipinski definition) is 3. The highest BCUT2D eigenvalue weighted by atomic mass is 16.5. The van der Waals surface area contributed by atoms with Crippen LogP contribution in [0.2, 0.25) is 0 Å². The third-order valence-corrected chi connectivity index (χ3v) is 3.48. The summed E-state index contributed by atoms with van der Waals surface area (Å²) in [5.74, 6) is 0.816. The predicted molar refractivity (Wildman–Crippen MR) is 75.6 cm³/mol. The van der Waals surface area contributed by atoms with E-state index in [0.717, 1.165) is 31.7 Å². The lowest BCUT2D eigenvalue weighted by Crippen LogP contribution is -2.43. The summed E-state index contributed by atoms with van der Waals surface area (Å²) < 4.78 is 5.37. The molecule has 1 saturated heterocycles. The van der Waals surface area contributed by atoms with Gasteiger partial charge in [-0.2, -0.15) is 0 Å². The Hall–Kier alpha value is -1.55. The molecule has 1 N–H and O–H groups in total. The summed E-state index contributed by atoms with van der Waals surface area (Å²) in [5, 5.41) is 3.10. The summed E-state index contributed by atoms with van der Waals surface area (Å²) in [6, 6.07) is 7.61. The van der Waals surface area contributed by atoms with Crippen molar-refractivity contribution in [2.24, 2.45) is 0 Å². The van der Waals surface area contributed by atoms with Crippen LogP contribution in [0.1, 0.15) is 30.1 Å². The number of carbonyl (C=O) groups excluding carboxylic acids is 1. The van der Waals surface area contributed by atoms with E-state index in [0.29, 0.717) is 18.2 Å². The molecular weight excluding hydrogens is 240 g/mol. The van der Waals surface area contributed by atoms with E-state index < -0.39 is 0 Å². The van der Waals surface area contributed by atoms with E-state index in [9.17, 15) is 4.79 Å². The minimum atomic E-state index is 0.0117. The third kappa shape index (κ3) is 3.96. The monoisotopic (exact) mass is 262 g/mol. The molecule has 4 nitrogen and oxygen atoms in total. The second kappa shape index (κ2) is 6.57. The van der Waals surface area contributed by atoms with Crippen LogP contribution >= 0.6 is 0 Å². The van der Waals surface area contributed by atoms with E-state index in [1.807, 2.05) is 31.2 Å². The molecule has 0 unspecified atom stereocenters. The zero-order valence-electron chi connectivity index (χ0n) is 11.7.